The van der Waals surface area contributed by atoms with Crippen molar-refractivity contribution in [3.8, 4) is 0 Å². The number of anilines is 2. The first kappa shape index (κ1) is 17.3. The number of carbonyl (C=O) groups is 1. The zero-order valence-electron chi connectivity index (χ0n) is 12.0. The van der Waals surface area contributed by atoms with Gasteiger partial charge in [0.1, 0.15) is 0 Å². The van der Waals surface area contributed by atoms with Gasteiger partial charge in [-0.05, 0) is 38.0 Å². The van der Waals surface area contributed by atoms with Crippen molar-refractivity contribution in [2.75, 3.05) is 17.7 Å². The van der Waals surface area contributed by atoms with Crippen LogP contribution in [0, 0.1) is 6.92 Å². The average molecular weight is 304 g/mol. The van der Waals surface area contributed by atoms with E-state index < -0.39 is 12.3 Å². The molecule has 1 amide bonds. The summed E-state index contributed by atoms with van der Waals surface area (Å²) >= 11 is 0. The van der Waals surface area contributed by atoms with Crippen LogP contribution in [-0.2, 0) is 9.53 Å². The van der Waals surface area contributed by atoms with Crippen LogP contribution >= 0.6 is 0 Å². The third kappa shape index (κ3) is 5.63. The van der Waals surface area contributed by atoms with Crippen molar-refractivity contribution < 1.29 is 22.7 Å². The Morgan fingerprint density at radius 1 is 1.43 bits per heavy atom. The minimum atomic E-state index is -4.37. The number of alkyl halides is 3. The number of carbonyl (C=O) groups excluding carboxylic acids is 1. The Morgan fingerprint density at radius 2 is 2.10 bits per heavy atom. The van der Waals surface area contributed by atoms with Gasteiger partial charge in [0.25, 0.3) is 0 Å². The SMILES string of the molecule is Cc1c(N)cccc1NC(=O)CCCOC(C)C(F)(F)F. The number of nitrogens with two attached hydrogens (primary N) is 1. The molecule has 1 unspecified atom stereocenters. The fraction of sp³-hybridized carbons (Fsp3) is 0.500. The molecular weight excluding hydrogens is 285 g/mol. The van der Waals surface area contributed by atoms with Gasteiger partial charge in [-0.3, -0.25) is 4.79 Å². The lowest BCUT2D eigenvalue weighted by molar-refractivity contribution is -0.214. The smallest absolute Gasteiger partial charge is 0.398 e. The largest absolute Gasteiger partial charge is 0.414 e. The molecule has 0 bridgehead atoms. The van der Waals surface area contributed by atoms with Crippen LogP contribution in [0.15, 0.2) is 18.2 Å². The van der Waals surface area contributed by atoms with Crippen LogP contribution in [0.3, 0.4) is 0 Å². The molecule has 4 nitrogen and oxygen atoms in total. The Kier molecular flexibility index (Phi) is 6.02. The van der Waals surface area contributed by atoms with Gasteiger partial charge in [0.15, 0.2) is 6.10 Å². The van der Waals surface area contributed by atoms with Crippen LogP contribution in [0.2, 0.25) is 0 Å². The molecule has 0 saturated carbocycles. The number of amides is 1. The van der Waals surface area contributed by atoms with Crippen molar-refractivity contribution in [3.63, 3.8) is 0 Å². The minimum Gasteiger partial charge on any atom is -0.398 e. The number of hydrogen-bond donors (Lipinski definition) is 2. The first-order valence-corrected chi connectivity index (χ1v) is 6.55. The highest BCUT2D eigenvalue weighted by atomic mass is 19.4. The highest BCUT2D eigenvalue weighted by Crippen LogP contribution is 2.23. The number of halogens is 3. The molecule has 1 rings (SSSR count). The van der Waals surface area contributed by atoms with Gasteiger partial charge in [-0.2, -0.15) is 13.2 Å². The Labute approximate surface area is 121 Å². The van der Waals surface area contributed by atoms with Gasteiger partial charge in [-0.1, -0.05) is 6.07 Å². The lowest BCUT2D eigenvalue weighted by atomic mass is 10.1. The summed E-state index contributed by atoms with van der Waals surface area (Å²) in [6, 6.07) is 5.15. The second kappa shape index (κ2) is 7.31. The van der Waals surface area contributed by atoms with E-state index >= 15 is 0 Å². The van der Waals surface area contributed by atoms with E-state index in [1.165, 1.54) is 0 Å². The molecule has 0 spiro atoms. The summed E-state index contributed by atoms with van der Waals surface area (Å²) in [4.78, 5) is 11.7. The molecule has 1 aromatic carbocycles. The van der Waals surface area contributed by atoms with Crippen molar-refractivity contribution in [1.29, 1.82) is 0 Å². The van der Waals surface area contributed by atoms with Crippen LogP contribution < -0.4 is 11.1 Å². The van der Waals surface area contributed by atoms with Gasteiger partial charge in [0.05, 0.1) is 0 Å². The Bertz CT molecular complexity index is 490. The number of nitrogens with one attached hydrogen (secondary N) is 1. The number of benzene rings is 1. The zero-order valence-corrected chi connectivity index (χ0v) is 12.0. The van der Waals surface area contributed by atoms with Gasteiger partial charge >= 0.3 is 6.18 Å². The molecule has 7 heteroatoms. The van der Waals surface area contributed by atoms with Crippen molar-refractivity contribution in [3.05, 3.63) is 23.8 Å². The molecule has 0 saturated heterocycles. The molecule has 0 aliphatic heterocycles. The highest BCUT2D eigenvalue weighted by molar-refractivity contribution is 5.92. The van der Waals surface area contributed by atoms with Gasteiger partial charge in [0.2, 0.25) is 5.91 Å². The van der Waals surface area contributed by atoms with Crippen LogP contribution in [-0.4, -0.2) is 24.8 Å². The molecule has 21 heavy (non-hydrogen) atoms. The second-order valence-corrected chi connectivity index (χ2v) is 4.73. The lowest BCUT2D eigenvalue weighted by Crippen LogP contribution is -2.29. The number of nitrogen functional groups attached to an aromatic ring is 1. The predicted molar refractivity (Wildman–Crippen MR) is 74.9 cm³/mol. The molecule has 1 atom stereocenters. The molecule has 0 radical (unpaired) electrons. The second-order valence-electron chi connectivity index (χ2n) is 4.73. The predicted octanol–water partition coefficient (Wildman–Crippen LogP) is 3.26. The van der Waals surface area contributed by atoms with Crippen molar-refractivity contribution in [2.45, 2.75) is 39.0 Å². The van der Waals surface area contributed by atoms with Crippen LogP contribution in [0.4, 0.5) is 24.5 Å². The average Bonchev–Trinajstić information content (AvgIpc) is 2.38. The summed E-state index contributed by atoms with van der Waals surface area (Å²) in [6.45, 7) is 2.60. The third-order valence-corrected chi connectivity index (χ3v) is 3.03. The van der Waals surface area contributed by atoms with Crippen LogP contribution in [0.25, 0.3) is 0 Å². The zero-order chi connectivity index (χ0) is 16.0. The van der Waals surface area contributed by atoms with Gasteiger partial charge in [-0.25, -0.2) is 0 Å². The molecule has 0 aliphatic rings. The van der Waals surface area contributed by atoms with Crippen molar-refractivity contribution in [1.82, 2.24) is 0 Å². The van der Waals surface area contributed by atoms with Crippen molar-refractivity contribution in [2.24, 2.45) is 0 Å². The summed E-state index contributed by atoms with van der Waals surface area (Å²) in [7, 11) is 0. The van der Waals surface area contributed by atoms with Crippen LogP contribution in [0.5, 0.6) is 0 Å². The number of hydrogen-bond acceptors (Lipinski definition) is 3. The van der Waals surface area contributed by atoms with Gasteiger partial charge in [-0.15, -0.1) is 0 Å². The molecule has 0 fully saturated rings. The van der Waals surface area contributed by atoms with E-state index in [0.29, 0.717) is 11.4 Å². The number of rotatable bonds is 6. The van der Waals surface area contributed by atoms with E-state index in [1.54, 1.807) is 25.1 Å². The monoisotopic (exact) mass is 304 g/mol. The quantitative estimate of drug-likeness (QED) is 0.626. The maximum Gasteiger partial charge on any atom is 0.414 e. The first-order valence-electron chi connectivity index (χ1n) is 6.55. The van der Waals surface area contributed by atoms with Crippen LogP contribution in [0.1, 0.15) is 25.3 Å². The first-order chi connectivity index (χ1) is 9.71. The maximum absolute atomic E-state index is 12.2. The van der Waals surface area contributed by atoms with E-state index in [4.69, 9.17) is 5.73 Å². The summed E-state index contributed by atoms with van der Waals surface area (Å²) in [5.74, 6) is -0.285. The minimum absolute atomic E-state index is 0.0822. The molecule has 0 heterocycles. The van der Waals surface area contributed by atoms with E-state index in [1.807, 2.05) is 0 Å². The van der Waals surface area contributed by atoms with E-state index in [9.17, 15) is 18.0 Å². The van der Waals surface area contributed by atoms with E-state index in [0.717, 1.165) is 12.5 Å². The third-order valence-electron chi connectivity index (χ3n) is 3.03. The molecule has 0 aliphatic carbocycles. The Hall–Kier alpha value is -1.76. The lowest BCUT2D eigenvalue weighted by Gasteiger charge is -2.16. The van der Waals surface area contributed by atoms with Crippen molar-refractivity contribution >= 4 is 17.3 Å². The topological polar surface area (TPSA) is 64.3 Å². The molecule has 118 valence electrons. The van der Waals surface area contributed by atoms with Gasteiger partial charge < -0.3 is 15.8 Å². The summed E-state index contributed by atoms with van der Waals surface area (Å²) in [5, 5.41) is 2.67. The summed E-state index contributed by atoms with van der Waals surface area (Å²) in [6.07, 6.45) is -5.90. The highest BCUT2D eigenvalue weighted by Gasteiger charge is 2.36. The normalized spacial score (nSPS) is 13.0. The van der Waals surface area contributed by atoms with Gasteiger partial charge in [0, 0.05) is 24.4 Å². The fourth-order valence-electron chi connectivity index (χ4n) is 1.59. The summed E-state index contributed by atoms with van der Waals surface area (Å²) in [5.41, 5.74) is 7.64. The Morgan fingerprint density at radius 3 is 2.71 bits per heavy atom. The summed E-state index contributed by atoms with van der Waals surface area (Å²) < 4.78 is 41.2. The standard InChI is InChI=1S/C14H19F3N2O2/c1-9-11(18)5-3-6-12(9)19-13(20)7-4-8-21-10(2)14(15,16)17/h3,5-6,10H,4,7-8,18H2,1-2H3,(H,19,20). The Balaban J connectivity index is 2.34. The van der Waals surface area contributed by atoms with E-state index in [-0.39, 0.29) is 25.4 Å². The van der Waals surface area contributed by atoms with E-state index in [2.05, 4.69) is 10.1 Å². The molecule has 1 aromatic rings. The molecule has 0 aromatic heterocycles. The fourth-order valence-corrected chi connectivity index (χ4v) is 1.59. The number of ether oxygens (including phenoxy) is 1. The molecule has 3 N–H and O–H groups in total. The maximum atomic E-state index is 12.2. The molecular formula is C14H19F3N2O2.